The van der Waals surface area contributed by atoms with E-state index in [1.54, 1.807) is 9.44 Å². The zero-order valence-corrected chi connectivity index (χ0v) is 47.7. The molecule has 0 aromatic heterocycles. The van der Waals surface area contributed by atoms with E-state index in [9.17, 15) is 133 Å². The van der Waals surface area contributed by atoms with E-state index in [4.69, 9.17) is 14.6 Å². The molecule has 5 heterocycles. The smallest absolute Gasteiger partial charge is 0.218 e. The van der Waals surface area contributed by atoms with E-state index < -0.39 is 198 Å². The highest BCUT2D eigenvalue weighted by Gasteiger charge is 2.44. The lowest BCUT2D eigenvalue weighted by Crippen LogP contribution is -2.59. The van der Waals surface area contributed by atoms with Gasteiger partial charge in [0, 0.05) is 44.2 Å². The number of carboxylic acid groups (broad SMARTS) is 3. The molecule has 85 heavy (non-hydrogen) atoms. The maximum absolute atomic E-state index is 10.7. The Labute approximate surface area is 484 Å². The standard InChI is InChI=1S/2C6H13NO9S2.C6H11NO3.C6H10O12S2.C6H10O8S.4H2O/c2*8-6-1-4(2-16-18(12,13)14)15-3-5(6)7-17(9,10)11;8-5-1-4(6(9)10)2-7-3-5;7-3-2(16-20(11,12)13)1-14-5(6(8)9)4(3)15-19-18-17-10;7-3-1-4(6(8)9)13-2-5(3)14-15(10,11)12;;;;/h2*4-8H,1-3H2,(H,9,10,11)(H,12,13,14);4-5,7-8H,1-3H2,(H,9,10);2-5,7,10H,1H2,(H,8,9)(H,11,12,13);3-5,7H,1-2H2,(H,8,9)(H,10,11,12);4*1H2/p-10/t2*4?,5?,6-;4?,5-;2?,3-,4+,5?;3-,4?,5?;;;;/m11101..../s1. The molecule has 5 rings (SSSR count). The molecular formula is C30H55N3O45S7-10. The largest absolute Gasteiger partial charge is 0.735 e. The minimum absolute atomic E-state index is 0. The molecule has 16 N–H and O–H groups in total. The maximum atomic E-state index is 10.7. The summed E-state index contributed by atoms with van der Waals surface area (Å²) in [4.78, 5) is 31.3. The number of carboxylic acids is 3. The van der Waals surface area contributed by atoms with Gasteiger partial charge in [-0.15, -0.1) is 4.33 Å². The Morgan fingerprint density at radius 2 is 0.976 bits per heavy atom. The van der Waals surface area contributed by atoms with E-state index in [1.807, 2.05) is 0 Å². The van der Waals surface area contributed by atoms with Crippen molar-refractivity contribution in [2.75, 3.05) is 52.7 Å². The molecule has 48 nitrogen and oxygen atoms in total. The number of aliphatic hydroxyl groups excluding tert-OH is 5. The number of β-amino-alcohol motifs (C(OH)–C–C–N with tert-alkyl or cyclic N) is 1. The topological polar surface area (TPSA) is 851 Å². The van der Waals surface area contributed by atoms with Gasteiger partial charge in [-0.3, -0.25) is 26.0 Å². The summed E-state index contributed by atoms with van der Waals surface area (Å²) in [5.41, 5.74) is 0. The van der Waals surface area contributed by atoms with Gasteiger partial charge in [-0.05, 0) is 6.42 Å². The second kappa shape index (κ2) is 40.1. The zero-order valence-electron chi connectivity index (χ0n) is 41.9. The lowest BCUT2D eigenvalue weighted by molar-refractivity contribution is -0.777. The van der Waals surface area contributed by atoms with Crippen LogP contribution in [0.3, 0.4) is 0 Å². The third-order valence-electron chi connectivity index (χ3n) is 10.00. The summed E-state index contributed by atoms with van der Waals surface area (Å²) < 4.78 is 232. The SMILES string of the molecule is O.O.O.O.O=C([O-])C1CNC[C@H](O)C1.O=C([O-])C1C[C@@H](O)C(OS(=O)(=O)[O-])CO1.O=C([O-])C1OCC(OS(=O)(=O)[O-])[C@H](O)[C@H]1OSOO[O-].O=S(=O)([O-])NC1COC(COS(=O)(=O)[O-])C[C@H]1O.O=S(=O)([O-])NC1COC(COS(=O)(=O)[O-])C[C@H]1O. The number of piperidine rings is 1. The van der Waals surface area contributed by atoms with Crippen LogP contribution in [-0.4, -0.2) is 281 Å². The van der Waals surface area contributed by atoms with Gasteiger partial charge in [0.2, 0.25) is 41.6 Å². The van der Waals surface area contributed by atoms with E-state index in [1.165, 1.54) is 0 Å². The summed E-state index contributed by atoms with van der Waals surface area (Å²) >= 11 is -0.144. The fourth-order valence-electron chi connectivity index (χ4n) is 6.52. The Kier molecular flexibility index (Phi) is 41.8. The molecule has 0 saturated carbocycles. The third-order valence-corrected chi connectivity index (χ3v) is 13.4. The van der Waals surface area contributed by atoms with Crippen molar-refractivity contribution in [3.05, 3.63) is 0 Å². The summed E-state index contributed by atoms with van der Waals surface area (Å²) in [6, 6.07) is -2.24. The number of aliphatic hydroxyl groups is 5. The first kappa shape index (κ1) is 88.7. The van der Waals surface area contributed by atoms with Crippen LogP contribution in [-0.2, 0) is 126 Å². The fourth-order valence-corrected chi connectivity index (χ4v) is 9.67. The van der Waals surface area contributed by atoms with E-state index in [0.717, 1.165) is 0 Å². The number of carbonyl (C=O) groups is 3. The number of hydrogen-bond donors (Lipinski definition) is 8. The molecule has 5 saturated heterocycles. The minimum Gasteiger partial charge on any atom is -0.735 e. The number of nitrogens with one attached hydrogen (secondary N) is 3. The molecule has 5 aliphatic rings. The van der Waals surface area contributed by atoms with Crippen LogP contribution in [0.5, 0.6) is 0 Å². The Balaban J connectivity index is -0.000000483. The van der Waals surface area contributed by atoms with Gasteiger partial charge in [-0.2, -0.15) is 0 Å². The Hall–Kier alpha value is -2.74. The van der Waals surface area contributed by atoms with Gasteiger partial charge in [-0.25, -0.2) is 60.0 Å². The Bertz CT molecular complexity index is 2570. The van der Waals surface area contributed by atoms with Gasteiger partial charge in [-0.1, -0.05) is 0 Å². The van der Waals surface area contributed by atoms with Gasteiger partial charge in [0.05, 0.1) is 106 Å². The van der Waals surface area contributed by atoms with Crippen LogP contribution < -0.4 is 35.3 Å². The highest BCUT2D eigenvalue weighted by atomic mass is 32.3. The molecule has 5 fully saturated rings. The van der Waals surface area contributed by atoms with E-state index in [2.05, 4.69) is 45.1 Å². The number of ether oxygens (including phenoxy) is 4. The van der Waals surface area contributed by atoms with Crippen LogP contribution in [0.1, 0.15) is 25.7 Å². The van der Waals surface area contributed by atoms with Crippen molar-refractivity contribution in [3.8, 4) is 0 Å². The van der Waals surface area contributed by atoms with E-state index in [-0.39, 0.29) is 66.7 Å². The molecule has 0 aliphatic carbocycles. The molecule has 0 radical (unpaired) electrons. The molecule has 55 heteroatoms. The van der Waals surface area contributed by atoms with Gasteiger partial charge in [0.1, 0.15) is 30.5 Å². The molecule has 512 valence electrons. The normalized spacial score (nSPS) is 29.9. The Morgan fingerprint density at radius 1 is 0.541 bits per heavy atom. The first-order valence-electron chi connectivity index (χ1n) is 21.3. The first-order chi connectivity index (χ1) is 36.9. The Morgan fingerprint density at radius 3 is 1.31 bits per heavy atom. The van der Waals surface area contributed by atoms with Crippen molar-refractivity contribution in [3.63, 3.8) is 0 Å². The average Bonchev–Trinajstić information content (AvgIpc) is 3.30. The molecule has 5 aliphatic heterocycles. The van der Waals surface area contributed by atoms with Crippen molar-refractivity contribution < 1.29 is 209 Å². The van der Waals surface area contributed by atoms with Gasteiger partial charge < -0.3 is 134 Å². The fraction of sp³-hybridized carbons (Fsp3) is 0.900. The molecular weight excluding hydrogens is 1350 g/mol. The predicted octanol–water partition coefficient (Wildman–Crippen LogP) is -19.3. The number of hydrogen-bond acceptors (Lipinski definition) is 43. The summed E-state index contributed by atoms with van der Waals surface area (Å²) in [6.45, 7) is -2.15. The average molecular weight is 1400 g/mol. The molecule has 15 atom stereocenters. The maximum Gasteiger partial charge on any atom is 0.218 e. The van der Waals surface area contributed by atoms with Crippen molar-refractivity contribution in [1.82, 2.24) is 14.8 Å². The lowest BCUT2D eigenvalue weighted by atomic mass is 9.98. The van der Waals surface area contributed by atoms with Crippen LogP contribution in [0.25, 0.3) is 0 Å². The molecule has 0 spiro atoms. The van der Waals surface area contributed by atoms with E-state index >= 15 is 0 Å². The van der Waals surface area contributed by atoms with Crippen LogP contribution in [0.2, 0.25) is 0 Å². The van der Waals surface area contributed by atoms with Crippen LogP contribution in [0, 0.1) is 5.92 Å². The number of carbonyl (C=O) groups excluding carboxylic acids is 3. The molecule has 9 unspecified atom stereocenters. The van der Waals surface area contributed by atoms with Gasteiger partial charge in [0.15, 0.2) is 32.9 Å². The van der Waals surface area contributed by atoms with Crippen molar-refractivity contribution in [2.24, 2.45) is 5.92 Å². The molecule has 0 amide bonds. The molecule has 0 bridgehead atoms. The van der Waals surface area contributed by atoms with Crippen molar-refractivity contribution in [2.45, 2.75) is 111 Å². The zero-order chi connectivity index (χ0) is 62.5. The monoisotopic (exact) mass is 1400 g/mol. The molecule has 0 aromatic rings. The van der Waals surface area contributed by atoms with E-state index in [0.29, 0.717) is 19.5 Å². The summed E-state index contributed by atoms with van der Waals surface area (Å²) in [7, 11) is -29.3. The van der Waals surface area contributed by atoms with Crippen LogP contribution in [0.15, 0.2) is 0 Å². The third kappa shape index (κ3) is 40.5. The quantitative estimate of drug-likeness (QED) is 0.0132. The summed E-state index contributed by atoms with van der Waals surface area (Å²) in [6.07, 6.45) is -16.5. The number of rotatable bonds is 21. The first-order valence-corrected chi connectivity index (χ1v) is 30.1. The van der Waals surface area contributed by atoms with Crippen molar-refractivity contribution >= 4 is 92.4 Å². The lowest BCUT2D eigenvalue weighted by Gasteiger charge is -2.39. The second-order valence-electron chi connectivity index (χ2n) is 16.2. The van der Waals surface area contributed by atoms with Crippen LogP contribution >= 0.6 is 12.3 Å². The van der Waals surface area contributed by atoms with Gasteiger partial charge >= 0.3 is 0 Å². The summed E-state index contributed by atoms with van der Waals surface area (Å²) in [5.74, 6) is -4.91. The predicted molar refractivity (Wildman–Crippen MR) is 242 cm³/mol. The summed E-state index contributed by atoms with van der Waals surface area (Å²) in [5, 5.41) is 93.5. The molecule has 0 aromatic carbocycles. The highest BCUT2D eigenvalue weighted by molar-refractivity contribution is 7.89. The van der Waals surface area contributed by atoms with Crippen molar-refractivity contribution in [1.29, 1.82) is 0 Å². The van der Waals surface area contributed by atoms with Gasteiger partial charge in [0.25, 0.3) is 0 Å². The number of aliphatic carboxylic acids is 3. The highest BCUT2D eigenvalue weighted by Crippen LogP contribution is 2.26. The minimum atomic E-state index is -5.16. The van der Waals surface area contributed by atoms with Crippen LogP contribution in [0.4, 0.5) is 0 Å². The second-order valence-corrected chi connectivity index (χ2v) is 23.1.